The highest BCUT2D eigenvalue weighted by Crippen LogP contribution is 2.14. The maximum Gasteiger partial charge on any atom is 0.334 e. The van der Waals surface area contributed by atoms with Crippen LogP contribution in [0.25, 0.3) is 0 Å². The maximum atomic E-state index is 11.6. The molecule has 1 aromatic rings. The van der Waals surface area contributed by atoms with Crippen LogP contribution in [0.4, 0.5) is 0 Å². The first-order valence-electron chi connectivity index (χ1n) is 5.46. The van der Waals surface area contributed by atoms with Crippen LogP contribution in [-0.4, -0.2) is 41.9 Å². The molecule has 0 radical (unpaired) electrons. The standard InChI is InChI=1S/C11H16N2O5/c1-6(2)8-4-7(13-18-8)10(14)12-5-9(17-3)11(15)16/h4,6,9H,5H2,1-3H3,(H,12,14)(H,15,16). The number of carboxylic acid groups (broad SMARTS) is 1. The van der Waals surface area contributed by atoms with E-state index in [1.807, 2.05) is 13.8 Å². The molecule has 1 atom stereocenters. The molecular weight excluding hydrogens is 240 g/mol. The van der Waals surface area contributed by atoms with Gasteiger partial charge in [0.05, 0.1) is 6.54 Å². The van der Waals surface area contributed by atoms with Crippen LogP contribution < -0.4 is 5.32 Å². The van der Waals surface area contributed by atoms with Crippen molar-refractivity contribution in [1.82, 2.24) is 10.5 Å². The molecule has 7 heteroatoms. The molecule has 1 heterocycles. The molecule has 2 N–H and O–H groups in total. The van der Waals surface area contributed by atoms with Crippen molar-refractivity contribution in [3.8, 4) is 0 Å². The number of nitrogens with zero attached hydrogens (tertiary/aromatic N) is 1. The van der Waals surface area contributed by atoms with E-state index < -0.39 is 18.0 Å². The highest BCUT2D eigenvalue weighted by molar-refractivity contribution is 5.92. The summed E-state index contributed by atoms with van der Waals surface area (Å²) in [6.07, 6.45) is -1.08. The zero-order valence-corrected chi connectivity index (χ0v) is 10.5. The molecule has 1 rings (SSSR count). The summed E-state index contributed by atoms with van der Waals surface area (Å²) in [6, 6.07) is 1.53. The van der Waals surface area contributed by atoms with Gasteiger partial charge in [0.2, 0.25) is 0 Å². The minimum atomic E-state index is -1.14. The van der Waals surface area contributed by atoms with E-state index in [0.29, 0.717) is 5.76 Å². The van der Waals surface area contributed by atoms with E-state index in [9.17, 15) is 9.59 Å². The van der Waals surface area contributed by atoms with Crippen molar-refractivity contribution >= 4 is 11.9 Å². The van der Waals surface area contributed by atoms with Gasteiger partial charge in [0.15, 0.2) is 11.8 Å². The molecule has 0 aromatic carbocycles. The number of hydrogen-bond donors (Lipinski definition) is 2. The van der Waals surface area contributed by atoms with Crippen LogP contribution in [0.5, 0.6) is 0 Å². The topological polar surface area (TPSA) is 102 Å². The number of nitrogens with one attached hydrogen (secondary N) is 1. The van der Waals surface area contributed by atoms with Crippen molar-refractivity contribution in [2.75, 3.05) is 13.7 Å². The number of aromatic nitrogens is 1. The quantitative estimate of drug-likeness (QED) is 0.774. The van der Waals surface area contributed by atoms with E-state index in [0.717, 1.165) is 0 Å². The van der Waals surface area contributed by atoms with E-state index in [1.165, 1.54) is 13.2 Å². The van der Waals surface area contributed by atoms with Gasteiger partial charge in [0.1, 0.15) is 5.76 Å². The third-order valence-corrected chi connectivity index (χ3v) is 2.34. The lowest BCUT2D eigenvalue weighted by Gasteiger charge is -2.10. The second kappa shape index (κ2) is 6.15. The summed E-state index contributed by atoms with van der Waals surface area (Å²) in [5.74, 6) is -0.902. The second-order valence-electron chi connectivity index (χ2n) is 4.04. The second-order valence-corrected chi connectivity index (χ2v) is 4.04. The largest absolute Gasteiger partial charge is 0.479 e. The summed E-state index contributed by atoms with van der Waals surface area (Å²) in [6.45, 7) is 3.69. The van der Waals surface area contributed by atoms with Gasteiger partial charge >= 0.3 is 5.97 Å². The average Bonchev–Trinajstić information content (AvgIpc) is 2.78. The number of carboxylic acids is 1. The highest BCUT2D eigenvalue weighted by Gasteiger charge is 2.19. The Balaban J connectivity index is 2.57. The van der Waals surface area contributed by atoms with Crippen molar-refractivity contribution in [1.29, 1.82) is 0 Å². The van der Waals surface area contributed by atoms with Gasteiger partial charge in [-0.15, -0.1) is 0 Å². The van der Waals surface area contributed by atoms with Crippen molar-refractivity contribution in [3.05, 3.63) is 17.5 Å². The maximum absolute atomic E-state index is 11.6. The van der Waals surface area contributed by atoms with Crippen molar-refractivity contribution in [2.24, 2.45) is 0 Å². The van der Waals surface area contributed by atoms with Crippen LogP contribution in [0, 0.1) is 0 Å². The Hall–Kier alpha value is -1.89. The number of amides is 1. The third-order valence-electron chi connectivity index (χ3n) is 2.34. The molecule has 0 aliphatic rings. The van der Waals surface area contributed by atoms with Crippen LogP contribution in [0.15, 0.2) is 10.6 Å². The van der Waals surface area contributed by atoms with Crippen molar-refractivity contribution < 1.29 is 24.0 Å². The Kier molecular flexibility index (Phi) is 4.85. The molecule has 100 valence electrons. The van der Waals surface area contributed by atoms with E-state index in [4.69, 9.17) is 9.63 Å². The zero-order chi connectivity index (χ0) is 13.7. The monoisotopic (exact) mass is 256 g/mol. The molecule has 1 unspecified atom stereocenters. The molecule has 0 bridgehead atoms. The first-order valence-corrected chi connectivity index (χ1v) is 5.46. The predicted octanol–water partition coefficient (Wildman–Crippen LogP) is 0.627. The summed E-state index contributed by atoms with van der Waals surface area (Å²) >= 11 is 0. The summed E-state index contributed by atoms with van der Waals surface area (Å²) in [4.78, 5) is 22.3. The summed E-state index contributed by atoms with van der Waals surface area (Å²) in [5, 5.41) is 14.8. The lowest BCUT2D eigenvalue weighted by Crippen LogP contribution is -2.37. The summed E-state index contributed by atoms with van der Waals surface area (Å²) in [7, 11) is 1.26. The van der Waals surface area contributed by atoms with Gasteiger partial charge in [-0.25, -0.2) is 4.79 Å². The van der Waals surface area contributed by atoms with Gasteiger partial charge in [-0.3, -0.25) is 4.79 Å². The normalized spacial score (nSPS) is 12.4. The van der Waals surface area contributed by atoms with Crippen LogP contribution in [0.2, 0.25) is 0 Å². The number of methoxy groups -OCH3 is 1. The fraction of sp³-hybridized carbons (Fsp3) is 0.545. The Morgan fingerprint density at radius 2 is 2.22 bits per heavy atom. The van der Waals surface area contributed by atoms with Crippen molar-refractivity contribution in [3.63, 3.8) is 0 Å². The van der Waals surface area contributed by atoms with Crippen LogP contribution in [0.3, 0.4) is 0 Å². The minimum Gasteiger partial charge on any atom is -0.479 e. The smallest absolute Gasteiger partial charge is 0.334 e. The van der Waals surface area contributed by atoms with Crippen LogP contribution in [-0.2, 0) is 9.53 Å². The number of carbonyl (C=O) groups is 2. The Morgan fingerprint density at radius 3 is 2.67 bits per heavy atom. The Labute approximate surface area is 104 Å². The molecule has 1 aromatic heterocycles. The minimum absolute atomic E-state index is 0.124. The van der Waals surface area contributed by atoms with Gasteiger partial charge in [0.25, 0.3) is 5.91 Å². The van der Waals surface area contributed by atoms with Crippen molar-refractivity contribution in [2.45, 2.75) is 25.9 Å². The average molecular weight is 256 g/mol. The molecule has 7 nitrogen and oxygen atoms in total. The van der Waals surface area contributed by atoms with Crippen LogP contribution >= 0.6 is 0 Å². The molecular formula is C11H16N2O5. The van der Waals surface area contributed by atoms with Gasteiger partial charge < -0.3 is 19.7 Å². The van der Waals surface area contributed by atoms with Crippen LogP contribution in [0.1, 0.15) is 36.0 Å². The number of carbonyl (C=O) groups excluding carboxylic acids is 1. The number of hydrogen-bond acceptors (Lipinski definition) is 5. The van der Waals surface area contributed by atoms with E-state index >= 15 is 0 Å². The Morgan fingerprint density at radius 1 is 1.56 bits per heavy atom. The third kappa shape index (κ3) is 3.56. The molecule has 0 spiro atoms. The number of rotatable bonds is 6. The lowest BCUT2D eigenvalue weighted by molar-refractivity contribution is -0.148. The fourth-order valence-electron chi connectivity index (χ4n) is 1.22. The first kappa shape index (κ1) is 14.2. The number of ether oxygens (including phenoxy) is 1. The van der Waals surface area contributed by atoms with Gasteiger partial charge in [-0.05, 0) is 0 Å². The number of aliphatic carboxylic acids is 1. The predicted molar refractivity (Wildman–Crippen MR) is 61.4 cm³/mol. The molecule has 0 saturated heterocycles. The first-order chi connectivity index (χ1) is 8.45. The van der Waals surface area contributed by atoms with Gasteiger partial charge in [0, 0.05) is 19.1 Å². The highest BCUT2D eigenvalue weighted by atomic mass is 16.5. The van der Waals surface area contributed by atoms with E-state index in [2.05, 4.69) is 15.2 Å². The van der Waals surface area contributed by atoms with E-state index in [1.54, 1.807) is 0 Å². The SMILES string of the molecule is COC(CNC(=O)c1cc(C(C)C)on1)C(=O)O. The molecule has 18 heavy (non-hydrogen) atoms. The summed E-state index contributed by atoms with van der Waals surface area (Å²) < 4.78 is 9.65. The van der Waals surface area contributed by atoms with Gasteiger partial charge in [-0.1, -0.05) is 19.0 Å². The molecule has 0 fully saturated rings. The van der Waals surface area contributed by atoms with E-state index in [-0.39, 0.29) is 18.2 Å². The molecule has 0 aliphatic carbocycles. The molecule has 1 amide bonds. The Bertz CT molecular complexity index is 427. The molecule has 0 aliphatic heterocycles. The van der Waals surface area contributed by atoms with Gasteiger partial charge in [-0.2, -0.15) is 0 Å². The fourth-order valence-corrected chi connectivity index (χ4v) is 1.22. The molecule has 0 saturated carbocycles. The lowest BCUT2D eigenvalue weighted by atomic mass is 10.1. The zero-order valence-electron chi connectivity index (χ0n) is 10.5. The summed E-state index contributed by atoms with van der Waals surface area (Å²) in [5.41, 5.74) is 0.124.